The third-order valence-corrected chi connectivity index (χ3v) is 20.4. The molecule has 89 heavy (non-hydrogen) atoms. The smallest absolute Gasteiger partial charge is 0.321 e. The topological polar surface area (TPSA) is 279 Å². The second kappa shape index (κ2) is 22.5. The average Bonchev–Trinajstić information content (AvgIpc) is 1.63. The molecule has 0 spiro atoms. The Morgan fingerprint density at radius 1 is 0.449 bits per heavy atom. The number of hydrogen-bond acceptors (Lipinski definition) is 15. The summed E-state index contributed by atoms with van der Waals surface area (Å²) in [6, 6.07) is 11.5. The van der Waals surface area contributed by atoms with Gasteiger partial charge in [0.05, 0.1) is 47.7 Å². The summed E-state index contributed by atoms with van der Waals surface area (Å²) in [5.74, 6) is -8.98. The molecule has 4 aliphatic heterocycles. The lowest BCUT2D eigenvalue weighted by molar-refractivity contribution is -0.160. The first-order valence-electron chi connectivity index (χ1n) is 31.0. The minimum atomic E-state index is -1.37. The summed E-state index contributed by atoms with van der Waals surface area (Å²) in [5, 5.41) is 0. The number of nitrogens with one attached hydrogen (secondary N) is 4. The van der Waals surface area contributed by atoms with Crippen LogP contribution >= 0.6 is 0 Å². The molecule has 12 rings (SSSR count). The number of Topliss-reactive ketones (excluding diaryl/α,β-unsaturated/α-hetero) is 4. The van der Waals surface area contributed by atoms with Crippen LogP contribution in [0, 0.1) is 27.7 Å². The summed E-state index contributed by atoms with van der Waals surface area (Å²) in [7, 11) is 2.46. The highest BCUT2D eigenvalue weighted by molar-refractivity contribution is 6.25. The molecule has 10 heterocycles. The summed E-state index contributed by atoms with van der Waals surface area (Å²) < 4.78 is 16.3. The number of ether oxygens (including phenoxy) is 3. The number of carbonyl (C=O) groups is 8. The molecule has 0 aromatic carbocycles. The molecule has 0 saturated carbocycles. The Balaban J connectivity index is 0.909. The van der Waals surface area contributed by atoms with Crippen LogP contribution < -0.4 is 0 Å². The van der Waals surface area contributed by atoms with E-state index in [1.807, 2.05) is 77.9 Å². The van der Waals surface area contributed by atoms with Crippen molar-refractivity contribution in [1.82, 2.24) is 39.9 Å². The Kier molecular flexibility index (Phi) is 15.3. The van der Waals surface area contributed by atoms with Gasteiger partial charge in [-0.2, -0.15) is 0 Å². The second-order valence-corrected chi connectivity index (χ2v) is 25.3. The summed E-state index contributed by atoms with van der Waals surface area (Å²) in [5.41, 5.74) is 14.9. The van der Waals surface area contributed by atoms with Gasteiger partial charge in [0.2, 0.25) is 0 Å². The monoisotopic (exact) mass is 1200 g/mol. The highest BCUT2D eigenvalue weighted by Crippen LogP contribution is 2.51. The van der Waals surface area contributed by atoms with E-state index in [2.05, 4.69) is 47.6 Å². The molecule has 2 aliphatic carbocycles. The normalized spacial score (nSPS) is 22.4. The Bertz CT molecular complexity index is 4230. The Hall–Kier alpha value is -9.00. The molecule has 0 radical (unpaired) electrons. The maximum absolute atomic E-state index is 14.7. The van der Waals surface area contributed by atoms with E-state index >= 15 is 0 Å². The van der Waals surface area contributed by atoms with Gasteiger partial charge >= 0.3 is 23.9 Å². The fourth-order valence-electron chi connectivity index (χ4n) is 15.4. The van der Waals surface area contributed by atoms with Gasteiger partial charge in [0.25, 0.3) is 0 Å². The molecular formula is C70H74N8O11. The van der Waals surface area contributed by atoms with Crippen molar-refractivity contribution in [2.24, 2.45) is 0 Å². The Morgan fingerprint density at radius 2 is 0.775 bits per heavy atom. The molecule has 19 nitrogen and oxygen atoms in total. The quantitative estimate of drug-likeness (QED) is 0.0384. The van der Waals surface area contributed by atoms with Crippen LogP contribution in [0.5, 0.6) is 0 Å². The molecular weight excluding hydrogens is 1130 g/mol. The first-order valence-corrected chi connectivity index (χ1v) is 31.0. The van der Waals surface area contributed by atoms with Crippen LogP contribution in [0.3, 0.4) is 0 Å². The van der Waals surface area contributed by atoms with Gasteiger partial charge in [-0.05, 0) is 126 Å². The lowest BCUT2D eigenvalue weighted by Gasteiger charge is -2.19. The van der Waals surface area contributed by atoms with Crippen molar-refractivity contribution in [1.29, 1.82) is 0 Å². The first-order chi connectivity index (χ1) is 42.4. The summed E-state index contributed by atoms with van der Waals surface area (Å²) >= 11 is 0. The van der Waals surface area contributed by atoms with Gasteiger partial charge in [-0.1, -0.05) is 41.5 Å². The van der Waals surface area contributed by atoms with Crippen molar-refractivity contribution >= 4 is 91.1 Å². The molecule has 10 atom stereocenters. The van der Waals surface area contributed by atoms with Crippen LogP contribution in [0.1, 0.15) is 273 Å². The number of H-pyrrole nitrogens is 4. The van der Waals surface area contributed by atoms with E-state index in [1.54, 1.807) is 0 Å². The third-order valence-electron chi connectivity index (χ3n) is 20.4. The maximum atomic E-state index is 14.7. The zero-order valence-electron chi connectivity index (χ0n) is 52.8. The highest BCUT2D eigenvalue weighted by atomic mass is 16.6. The zero-order valence-corrected chi connectivity index (χ0v) is 52.8. The molecule has 16 bridgehead atoms. The largest absolute Gasteiger partial charge is 0.468 e. The van der Waals surface area contributed by atoms with Crippen LogP contribution in [0.2, 0.25) is 0 Å². The van der Waals surface area contributed by atoms with Crippen LogP contribution in [-0.4, -0.2) is 101 Å². The van der Waals surface area contributed by atoms with Crippen molar-refractivity contribution in [3.05, 3.63) is 138 Å². The predicted octanol–water partition coefficient (Wildman–Crippen LogP) is 13.2. The van der Waals surface area contributed by atoms with Crippen molar-refractivity contribution in [2.75, 3.05) is 14.2 Å². The average molecular weight is 1200 g/mol. The molecule has 0 saturated heterocycles. The number of hydrogen-bond donors (Lipinski definition) is 4. The van der Waals surface area contributed by atoms with Gasteiger partial charge in [-0.3, -0.25) is 58.3 Å². The molecule has 6 aromatic rings. The van der Waals surface area contributed by atoms with Crippen molar-refractivity contribution < 1.29 is 52.6 Å². The number of esters is 4. The van der Waals surface area contributed by atoms with E-state index < -0.39 is 71.0 Å². The predicted molar refractivity (Wildman–Crippen MR) is 334 cm³/mol. The number of aromatic nitrogens is 8. The van der Waals surface area contributed by atoms with Gasteiger partial charge in [0.15, 0.2) is 23.1 Å². The van der Waals surface area contributed by atoms with Crippen LogP contribution in [0.25, 0.3) is 44.1 Å². The molecule has 19 heteroatoms. The van der Waals surface area contributed by atoms with E-state index in [9.17, 15) is 38.4 Å². The summed E-state index contributed by atoms with van der Waals surface area (Å²) in [6.07, 6.45) is 1.22. The number of ketones is 4. The van der Waals surface area contributed by atoms with E-state index in [1.165, 1.54) is 28.1 Å². The van der Waals surface area contributed by atoms with Gasteiger partial charge in [0.1, 0.15) is 11.8 Å². The number of fused-ring (bicyclic) bond motifs is 16. The number of rotatable bonds is 12. The molecule has 4 N–H and O–H groups in total. The Morgan fingerprint density at radius 3 is 1.12 bits per heavy atom. The van der Waals surface area contributed by atoms with Crippen LogP contribution in [0.4, 0.5) is 0 Å². The number of nitrogens with zero attached hydrogens (tertiary/aromatic N) is 4. The van der Waals surface area contributed by atoms with E-state index in [0.717, 1.165) is 35.6 Å². The lowest BCUT2D eigenvalue weighted by Crippen LogP contribution is -2.22. The minimum Gasteiger partial charge on any atom is -0.468 e. The fourth-order valence-corrected chi connectivity index (χ4v) is 15.4. The van der Waals surface area contributed by atoms with Gasteiger partial charge in [-0.15, -0.1) is 0 Å². The van der Waals surface area contributed by atoms with Crippen molar-refractivity contribution in [3.63, 3.8) is 0 Å². The van der Waals surface area contributed by atoms with E-state index in [0.29, 0.717) is 123 Å². The second-order valence-electron chi connectivity index (χ2n) is 25.3. The SMILES string of the molecule is CC[C@H]1c2cc3[nH]c4c(c3C)C(=O)[C@H](C(=O)OC)c4c3nc(cc4[nH]c(cc(n2)[C@@H]1C)c(C(C)=O)c4C)[C@@H](C)[C@@H]3CCC(=O)OC(=O)CC[C@@H]1c2nc(cc3[nH]c(cc4nc(cc5[nH]c6c(c5C)C(=O)[C@H](C(=O)OC)c26)[C@H](CC)[C@H]4C)c(C(C)=O)c3C)[C@H]1C. The third kappa shape index (κ3) is 9.59. The minimum absolute atomic E-state index is 0.0113. The lowest BCUT2D eigenvalue weighted by atomic mass is 9.83. The highest BCUT2D eigenvalue weighted by Gasteiger charge is 2.48. The zero-order chi connectivity index (χ0) is 63.7. The molecule has 0 amide bonds. The van der Waals surface area contributed by atoms with Crippen LogP contribution in [0.15, 0.2) is 36.4 Å². The van der Waals surface area contributed by atoms with Gasteiger partial charge in [0, 0.05) is 150 Å². The maximum Gasteiger partial charge on any atom is 0.321 e. The standard InChI is InChI=1S/C70H74N8O11/c1-15-37-27(3)41-25-51-55(35(11)79)31(7)45(73-51)21-43-29(5)39(63(75-43)59-61(69(85)87-13)67(83)57-33(9)47(77-65(57)59)23-49(37)71-41)17-19-53(81)89-54(82)20-18-40-30(6)44-22-46-32(8)56(36(12)80)52(74-46)26-42-28(4)38(16-2)50(72-42)24-48-34(10)58-66(78-48)60(64(40)76-44)62(68(58)84)70(86)88-14/h21-30,37-40,61-62,73-74,77-78H,15-20H2,1-14H3/t27-,28-,29+,30+,37-,38-,39+,40+,61-,62-/m1/s1. The number of carbonyl (C=O) groups excluding carboxylic acids is 8. The molecule has 460 valence electrons. The van der Waals surface area contributed by atoms with Crippen molar-refractivity contribution in [3.8, 4) is 0 Å². The number of aryl methyl sites for hydroxylation is 4. The Labute approximate surface area is 514 Å². The summed E-state index contributed by atoms with van der Waals surface area (Å²) in [4.78, 5) is 147. The molecule has 0 unspecified atom stereocenters. The molecule has 0 fully saturated rings. The van der Waals surface area contributed by atoms with Gasteiger partial charge < -0.3 is 34.1 Å². The van der Waals surface area contributed by atoms with Gasteiger partial charge in [-0.25, -0.2) is 0 Å². The first kappa shape index (κ1) is 60.3. The number of aromatic amines is 4. The molecule has 6 aromatic heterocycles. The van der Waals surface area contributed by atoms with Crippen molar-refractivity contribution in [2.45, 2.75) is 181 Å². The van der Waals surface area contributed by atoms with E-state index in [-0.39, 0.29) is 60.9 Å². The number of methoxy groups -OCH3 is 2. The molecule has 6 aliphatic rings. The van der Waals surface area contributed by atoms with Crippen LogP contribution in [-0.2, 0) is 33.4 Å². The summed E-state index contributed by atoms with van der Waals surface area (Å²) in [6.45, 7) is 22.8. The fraction of sp³-hybridized carbons (Fsp3) is 0.429. The van der Waals surface area contributed by atoms with E-state index in [4.69, 9.17) is 34.1 Å².